The van der Waals surface area contributed by atoms with Gasteiger partial charge in [-0.25, -0.2) is 0 Å². The summed E-state index contributed by atoms with van der Waals surface area (Å²) >= 11 is 0. The van der Waals surface area contributed by atoms with Gasteiger partial charge >= 0.3 is 8.56 Å². The Morgan fingerprint density at radius 2 is 1.14 bits per heavy atom. The maximum Gasteiger partial charge on any atom is 0.378 e. The molecule has 0 saturated heterocycles. The average molecular weight is 224 g/mol. The van der Waals surface area contributed by atoms with Gasteiger partial charge in [0, 0.05) is 0 Å². The molecule has 0 aliphatic heterocycles. The molecule has 0 radical (unpaired) electrons. The highest BCUT2D eigenvalue weighted by molar-refractivity contribution is 6.95. The largest absolute Gasteiger partial charge is 0.420 e. The van der Waals surface area contributed by atoms with Crippen LogP contribution in [0.1, 0.15) is 0 Å². The molecule has 0 aliphatic carbocycles. The van der Waals surface area contributed by atoms with Crippen molar-refractivity contribution in [3.63, 3.8) is 0 Å². The van der Waals surface area contributed by atoms with Crippen LogP contribution in [0.4, 0.5) is 0 Å². The topological polar surface area (TPSA) is 29.5 Å². The van der Waals surface area contributed by atoms with E-state index in [4.69, 9.17) is 4.12 Å². The van der Waals surface area contributed by atoms with Crippen molar-refractivity contribution in [2.45, 2.75) is 0 Å². The van der Waals surface area contributed by atoms with Crippen LogP contribution in [-0.2, 0) is 4.12 Å². The predicted molar refractivity (Wildman–Crippen MR) is 65.8 cm³/mol. The van der Waals surface area contributed by atoms with Gasteiger partial charge in [0.05, 0.1) is 0 Å². The molecule has 0 aromatic rings. The van der Waals surface area contributed by atoms with Crippen molar-refractivity contribution in [2.75, 3.05) is 0 Å². The molecule has 14 heavy (non-hydrogen) atoms. The molecule has 0 bridgehead atoms. The van der Waals surface area contributed by atoms with Crippen LogP contribution >= 0.6 is 0 Å². The molecule has 0 aromatic carbocycles. The predicted octanol–water partition coefficient (Wildman–Crippen LogP) is 2.01. The summed E-state index contributed by atoms with van der Waals surface area (Å²) in [5.41, 5.74) is 7.75. The SMILES string of the molecule is C=C[Si](O)(C=C)O[Si](C=C)(C=C)C=C. The van der Waals surface area contributed by atoms with E-state index in [1.165, 1.54) is 11.4 Å². The molecule has 0 fully saturated rings. The first kappa shape index (κ1) is 13.1. The Bertz CT molecular complexity index is 242. The zero-order valence-electron chi connectivity index (χ0n) is 8.28. The molecule has 0 saturated carbocycles. The molecule has 2 nitrogen and oxygen atoms in total. The molecule has 0 heterocycles. The fourth-order valence-corrected chi connectivity index (χ4v) is 5.42. The van der Waals surface area contributed by atoms with Gasteiger partial charge in [0.2, 0.25) is 0 Å². The number of rotatable bonds is 7. The lowest BCUT2D eigenvalue weighted by Crippen LogP contribution is -2.47. The molecule has 0 aliphatic rings. The van der Waals surface area contributed by atoms with E-state index in [0.717, 1.165) is 0 Å². The third kappa shape index (κ3) is 2.78. The smallest absolute Gasteiger partial charge is 0.378 e. The van der Waals surface area contributed by atoms with E-state index in [0.29, 0.717) is 0 Å². The van der Waals surface area contributed by atoms with Crippen LogP contribution in [0.25, 0.3) is 0 Å². The first-order chi connectivity index (χ1) is 6.51. The van der Waals surface area contributed by atoms with E-state index in [2.05, 4.69) is 32.9 Å². The van der Waals surface area contributed by atoms with Crippen molar-refractivity contribution >= 4 is 16.9 Å². The first-order valence-electron chi connectivity index (χ1n) is 4.12. The first-order valence-corrected chi connectivity index (χ1v) is 8.27. The summed E-state index contributed by atoms with van der Waals surface area (Å²) in [6.45, 7) is 18.0. The van der Waals surface area contributed by atoms with Gasteiger partial charge in [-0.15, -0.1) is 32.9 Å². The fourth-order valence-electron chi connectivity index (χ4n) is 0.825. The molecule has 4 heteroatoms. The minimum atomic E-state index is -3.02. The Labute approximate surface area is 87.6 Å². The maximum atomic E-state index is 9.93. The van der Waals surface area contributed by atoms with E-state index in [1.54, 1.807) is 17.1 Å². The Morgan fingerprint density at radius 1 is 0.786 bits per heavy atom. The highest BCUT2D eigenvalue weighted by Gasteiger charge is 2.36. The normalized spacial score (nSPS) is 11.5. The second-order valence-electron chi connectivity index (χ2n) is 2.73. The molecular formula is C10H16O2Si2. The van der Waals surface area contributed by atoms with E-state index < -0.39 is 16.9 Å². The number of hydrogen-bond acceptors (Lipinski definition) is 2. The Hall–Kier alpha value is -0.946. The van der Waals surface area contributed by atoms with Crippen molar-refractivity contribution in [2.24, 2.45) is 0 Å². The highest BCUT2D eigenvalue weighted by Crippen LogP contribution is 2.16. The van der Waals surface area contributed by atoms with Crippen molar-refractivity contribution in [3.8, 4) is 0 Å². The molecule has 0 unspecified atom stereocenters. The molecule has 0 rings (SSSR count). The molecule has 1 N–H and O–H groups in total. The van der Waals surface area contributed by atoms with Gasteiger partial charge in [0.15, 0.2) is 0 Å². The van der Waals surface area contributed by atoms with Gasteiger partial charge in [0.25, 0.3) is 8.32 Å². The quantitative estimate of drug-likeness (QED) is 0.670. The lowest BCUT2D eigenvalue weighted by Gasteiger charge is -2.28. The van der Waals surface area contributed by atoms with Crippen LogP contribution in [0, 0.1) is 0 Å². The van der Waals surface area contributed by atoms with E-state index in [-0.39, 0.29) is 0 Å². The van der Waals surface area contributed by atoms with Crippen LogP contribution in [0.5, 0.6) is 0 Å². The van der Waals surface area contributed by atoms with Gasteiger partial charge in [-0.05, 0) is 11.4 Å². The van der Waals surface area contributed by atoms with Crippen molar-refractivity contribution < 1.29 is 8.91 Å². The summed E-state index contributed by atoms with van der Waals surface area (Å²) < 4.78 is 5.61. The van der Waals surface area contributed by atoms with Crippen LogP contribution in [0.15, 0.2) is 61.4 Å². The zero-order valence-corrected chi connectivity index (χ0v) is 10.3. The summed E-state index contributed by atoms with van der Waals surface area (Å²) in [6.07, 6.45) is 0. The highest BCUT2D eigenvalue weighted by atomic mass is 28.4. The number of hydrogen-bond donors (Lipinski definition) is 1. The molecule has 0 spiro atoms. The van der Waals surface area contributed by atoms with Crippen molar-refractivity contribution in [1.82, 2.24) is 0 Å². The molecule has 0 amide bonds. The summed E-state index contributed by atoms with van der Waals surface area (Å²) in [5, 5.41) is 0. The zero-order chi connectivity index (χ0) is 11.2. The molecule has 76 valence electrons. The fraction of sp³-hybridized carbons (Fsp3) is 0. The standard InChI is InChI=1S/C10H16O2Si2/c1-6-13(7-2,8-3)12-14(11,9-4)10-5/h6-11H,1-5H2. The van der Waals surface area contributed by atoms with Gasteiger partial charge in [0.1, 0.15) is 0 Å². The lowest BCUT2D eigenvalue weighted by molar-refractivity contribution is 0.411. The van der Waals surface area contributed by atoms with E-state index >= 15 is 0 Å². The van der Waals surface area contributed by atoms with E-state index in [9.17, 15) is 4.80 Å². The van der Waals surface area contributed by atoms with Crippen molar-refractivity contribution in [3.05, 3.63) is 61.4 Å². The second kappa shape index (κ2) is 5.06. The molecule has 0 atom stereocenters. The van der Waals surface area contributed by atoms with Gasteiger partial charge in [-0.2, -0.15) is 0 Å². The van der Waals surface area contributed by atoms with Gasteiger partial charge in [-0.3, -0.25) is 0 Å². The molecule has 0 aromatic heterocycles. The minimum Gasteiger partial charge on any atom is -0.420 e. The van der Waals surface area contributed by atoms with Crippen molar-refractivity contribution in [1.29, 1.82) is 0 Å². The van der Waals surface area contributed by atoms with Gasteiger partial charge < -0.3 is 8.91 Å². The van der Waals surface area contributed by atoms with Crippen LogP contribution in [0.2, 0.25) is 0 Å². The summed E-state index contributed by atoms with van der Waals surface area (Å²) in [4.78, 5) is 9.93. The Morgan fingerprint density at radius 3 is 1.36 bits per heavy atom. The summed E-state index contributed by atoms with van der Waals surface area (Å²) in [5.74, 6) is 0. The third-order valence-corrected chi connectivity index (χ3v) is 7.69. The maximum absolute atomic E-state index is 9.93. The van der Waals surface area contributed by atoms with Gasteiger partial charge in [-0.1, -0.05) is 17.1 Å². The third-order valence-electron chi connectivity index (χ3n) is 1.88. The summed E-state index contributed by atoms with van der Waals surface area (Å²) in [7, 11) is -5.45. The average Bonchev–Trinajstić information content (AvgIpc) is 2.26. The molecular weight excluding hydrogens is 208 g/mol. The van der Waals surface area contributed by atoms with Crippen LogP contribution in [0.3, 0.4) is 0 Å². The minimum absolute atomic E-state index is 1.40. The van der Waals surface area contributed by atoms with Crippen LogP contribution in [-0.4, -0.2) is 21.7 Å². The monoisotopic (exact) mass is 224 g/mol. The Kier molecular flexibility index (Phi) is 4.72. The Balaban J connectivity index is 5.00. The lowest BCUT2D eigenvalue weighted by atomic mass is 11.2. The van der Waals surface area contributed by atoms with E-state index in [1.807, 2.05) is 0 Å². The second-order valence-corrected chi connectivity index (χ2v) is 8.80. The van der Waals surface area contributed by atoms with Crippen LogP contribution < -0.4 is 0 Å². The summed E-state index contributed by atoms with van der Waals surface area (Å²) in [6, 6.07) is 0.